The third kappa shape index (κ3) is 8.03. The highest BCUT2D eigenvalue weighted by Crippen LogP contribution is 2.35. The highest BCUT2D eigenvalue weighted by Gasteiger charge is 2.20. The van der Waals surface area contributed by atoms with E-state index in [1.807, 2.05) is 5.32 Å². The van der Waals surface area contributed by atoms with Crippen LogP contribution in [0.4, 0.5) is 0 Å². The lowest BCUT2D eigenvalue weighted by molar-refractivity contribution is -0.138. The Morgan fingerprint density at radius 2 is 2.00 bits per heavy atom. The normalized spacial score (nSPS) is 13.3. The van der Waals surface area contributed by atoms with Crippen LogP contribution in [-0.2, 0) is 18.7 Å². The molecule has 0 rings (SSSR count). The van der Waals surface area contributed by atoms with Crippen LogP contribution in [0, 0.1) is 0 Å². The maximum absolute atomic E-state index is 10.9. The van der Waals surface area contributed by atoms with E-state index < -0.39 is 38.9 Å². The number of rotatable bonds is 6. The number of phosphoric ester groups is 1. The monoisotopic (exact) mass is 242 g/mol. The van der Waals surface area contributed by atoms with Crippen molar-refractivity contribution in [3.63, 3.8) is 0 Å². The van der Waals surface area contributed by atoms with Crippen LogP contribution in [0.25, 0.3) is 0 Å². The number of phosphoric acid groups is 1. The summed E-state index contributed by atoms with van der Waals surface area (Å²) >= 11 is 0. The van der Waals surface area contributed by atoms with E-state index in [-0.39, 0.29) is 0 Å². The minimum Gasteiger partial charge on any atom is -0.480 e. The fourth-order valence-electron chi connectivity index (χ4n) is 0.547. The SMILES string of the molecule is N[C@@H](COP(=O)(O)O)C(=O)NCC(=O)O. The second kappa shape index (κ2) is 5.79. The van der Waals surface area contributed by atoms with Crippen LogP contribution in [-0.4, -0.2) is 46.0 Å². The first-order valence-corrected chi connectivity index (χ1v) is 5.20. The van der Waals surface area contributed by atoms with Gasteiger partial charge in [-0.2, -0.15) is 0 Å². The molecule has 0 bridgehead atoms. The van der Waals surface area contributed by atoms with Crippen molar-refractivity contribution in [2.75, 3.05) is 13.2 Å². The molecule has 0 saturated carbocycles. The van der Waals surface area contributed by atoms with Gasteiger partial charge in [0.25, 0.3) is 0 Å². The van der Waals surface area contributed by atoms with E-state index in [0.717, 1.165) is 0 Å². The van der Waals surface area contributed by atoms with E-state index in [2.05, 4.69) is 4.52 Å². The summed E-state index contributed by atoms with van der Waals surface area (Å²) in [5, 5.41) is 10.1. The molecule has 0 fully saturated rings. The summed E-state index contributed by atoms with van der Waals surface area (Å²) in [6.07, 6.45) is 0. The number of carboxylic acids is 1. The molecule has 0 aromatic rings. The van der Waals surface area contributed by atoms with E-state index in [1.54, 1.807) is 0 Å². The van der Waals surface area contributed by atoms with Gasteiger partial charge >= 0.3 is 13.8 Å². The maximum Gasteiger partial charge on any atom is 0.469 e. The Morgan fingerprint density at radius 1 is 1.47 bits per heavy atom. The maximum atomic E-state index is 10.9. The third-order valence-electron chi connectivity index (χ3n) is 1.17. The molecule has 0 aliphatic heterocycles. The van der Waals surface area contributed by atoms with Crippen LogP contribution >= 0.6 is 7.82 Å². The molecule has 10 heteroatoms. The largest absolute Gasteiger partial charge is 0.480 e. The molecule has 1 amide bonds. The van der Waals surface area contributed by atoms with Crippen molar-refractivity contribution >= 4 is 19.7 Å². The van der Waals surface area contributed by atoms with E-state index in [4.69, 9.17) is 20.6 Å². The van der Waals surface area contributed by atoms with Gasteiger partial charge in [-0.05, 0) is 0 Å². The first-order chi connectivity index (χ1) is 6.72. The highest BCUT2D eigenvalue weighted by molar-refractivity contribution is 7.46. The Labute approximate surface area is 84.5 Å². The van der Waals surface area contributed by atoms with Gasteiger partial charge in [0.2, 0.25) is 5.91 Å². The predicted molar refractivity (Wildman–Crippen MR) is 46.6 cm³/mol. The molecule has 0 aliphatic rings. The summed E-state index contributed by atoms with van der Waals surface area (Å²) in [4.78, 5) is 37.5. The van der Waals surface area contributed by atoms with Crippen LogP contribution in [0.1, 0.15) is 0 Å². The van der Waals surface area contributed by atoms with Gasteiger partial charge in [0, 0.05) is 0 Å². The Bertz CT molecular complexity index is 287. The molecule has 0 saturated heterocycles. The number of aliphatic carboxylic acids is 1. The van der Waals surface area contributed by atoms with Gasteiger partial charge in [-0.15, -0.1) is 0 Å². The van der Waals surface area contributed by atoms with Crippen molar-refractivity contribution in [2.45, 2.75) is 6.04 Å². The first kappa shape index (κ1) is 14.0. The zero-order valence-corrected chi connectivity index (χ0v) is 8.39. The summed E-state index contributed by atoms with van der Waals surface area (Å²) in [5.41, 5.74) is 5.14. The van der Waals surface area contributed by atoms with Gasteiger partial charge in [0.15, 0.2) is 0 Å². The van der Waals surface area contributed by atoms with Crippen molar-refractivity contribution in [1.82, 2.24) is 5.32 Å². The standard InChI is InChI=1S/C5H11N2O7P/c6-3(2-14-15(11,12)13)5(10)7-1-4(8)9/h3H,1-2,6H2,(H,7,10)(H,8,9)(H2,11,12,13)/t3-/m0/s1. The van der Waals surface area contributed by atoms with Gasteiger partial charge in [0.1, 0.15) is 12.6 Å². The molecule has 0 heterocycles. The fourth-order valence-corrected chi connectivity index (χ4v) is 0.902. The van der Waals surface area contributed by atoms with Crippen LogP contribution in [0.2, 0.25) is 0 Å². The van der Waals surface area contributed by atoms with Crippen LogP contribution in [0.5, 0.6) is 0 Å². The highest BCUT2D eigenvalue weighted by atomic mass is 31.2. The van der Waals surface area contributed by atoms with Crippen LogP contribution < -0.4 is 11.1 Å². The van der Waals surface area contributed by atoms with Gasteiger partial charge < -0.3 is 25.9 Å². The molecule has 0 aromatic carbocycles. The minimum absolute atomic E-state index is 0.623. The predicted octanol–water partition coefficient (Wildman–Crippen LogP) is -2.38. The molecular weight excluding hydrogens is 231 g/mol. The fraction of sp³-hybridized carbons (Fsp3) is 0.600. The number of hydrogen-bond acceptors (Lipinski definition) is 5. The number of carbonyl (C=O) groups is 2. The quantitative estimate of drug-likeness (QED) is 0.323. The molecule has 15 heavy (non-hydrogen) atoms. The lowest BCUT2D eigenvalue weighted by atomic mass is 10.3. The summed E-state index contributed by atoms with van der Waals surface area (Å²) in [6.45, 7) is -1.32. The number of amides is 1. The molecular formula is C5H11N2O7P. The van der Waals surface area contributed by atoms with Crippen LogP contribution in [0.15, 0.2) is 0 Å². The molecule has 88 valence electrons. The first-order valence-electron chi connectivity index (χ1n) is 3.67. The molecule has 0 unspecified atom stereocenters. The van der Waals surface area contributed by atoms with Crippen molar-refractivity contribution in [3.05, 3.63) is 0 Å². The van der Waals surface area contributed by atoms with Gasteiger partial charge in [-0.3, -0.25) is 14.1 Å². The van der Waals surface area contributed by atoms with Crippen molar-refractivity contribution in [1.29, 1.82) is 0 Å². The number of hydrogen-bond donors (Lipinski definition) is 5. The van der Waals surface area contributed by atoms with Crippen LogP contribution in [0.3, 0.4) is 0 Å². The average Bonchev–Trinajstić information content (AvgIpc) is 2.08. The Hall–Kier alpha value is -0.990. The summed E-state index contributed by atoms with van der Waals surface area (Å²) < 4.78 is 14.2. The number of carbonyl (C=O) groups excluding carboxylic acids is 1. The Balaban J connectivity index is 3.89. The summed E-state index contributed by atoms with van der Waals surface area (Å²) in [5.74, 6) is -2.13. The lowest BCUT2D eigenvalue weighted by Crippen LogP contribution is -2.45. The average molecular weight is 242 g/mol. The zero-order valence-electron chi connectivity index (χ0n) is 7.49. The second-order valence-corrected chi connectivity index (χ2v) is 3.74. The van der Waals surface area contributed by atoms with Gasteiger partial charge in [-0.25, -0.2) is 4.57 Å². The van der Waals surface area contributed by atoms with E-state index in [0.29, 0.717) is 0 Å². The van der Waals surface area contributed by atoms with E-state index >= 15 is 0 Å². The molecule has 6 N–H and O–H groups in total. The van der Waals surface area contributed by atoms with Crippen molar-refractivity contribution < 1.29 is 33.6 Å². The smallest absolute Gasteiger partial charge is 0.469 e. The summed E-state index contributed by atoms with van der Waals surface area (Å²) in [7, 11) is -4.67. The summed E-state index contributed by atoms with van der Waals surface area (Å²) in [6, 6.07) is -1.34. The van der Waals surface area contributed by atoms with Gasteiger partial charge in [0.05, 0.1) is 6.61 Å². The molecule has 0 aromatic heterocycles. The third-order valence-corrected chi connectivity index (χ3v) is 1.66. The topological polar surface area (TPSA) is 159 Å². The molecule has 0 aliphatic carbocycles. The Kier molecular flexibility index (Phi) is 5.40. The second-order valence-electron chi connectivity index (χ2n) is 2.50. The zero-order chi connectivity index (χ0) is 12.1. The molecule has 9 nitrogen and oxygen atoms in total. The van der Waals surface area contributed by atoms with Crippen molar-refractivity contribution in [2.24, 2.45) is 5.73 Å². The molecule has 0 spiro atoms. The van der Waals surface area contributed by atoms with Gasteiger partial charge in [-0.1, -0.05) is 0 Å². The number of nitrogens with two attached hydrogens (primary N) is 1. The minimum atomic E-state index is -4.67. The van der Waals surface area contributed by atoms with Crippen molar-refractivity contribution in [3.8, 4) is 0 Å². The number of nitrogens with one attached hydrogen (secondary N) is 1. The molecule has 1 atom stereocenters. The molecule has 0 radical (unpaired) electrons. The van der Waals surface area contributed by atoms with E-state index in [1.165, 1.54) is 0 Å². The van der Waals surface area contributed by atoms with E-state index in [9.17, 15) is 14.2 Å². The number of carboxylic acid groups (broad SMARTS) is 1. The lowest BCUT2D eigenvalue weighted by Gasteiger charge is -2.11. The Morgan fingerprint density at radius 3 is 2.40 bits per heavy atom.